The lowest BCUT2D eigenvalue weighted by Crippen LogP contribution is -2.17. The van der Waals surface area contributed by atoms with E-state index in [0.29, 0.717) is 5.92 Å². The summed E-state index contributed by atoms with van der Waals surface area (Å²) in [4.78, 5) is 1.27. The molecule has 1 aliphatic carbocycles. The first-order chi connectivity index (χ1) is 6.81. The quantitative estimate of drug-likeness (QED) is 0.834. The van der Waals surface area contributed by atoms with Crippen LogP contribution in [-0.2, 0) is 0 Å². The maximum absolute atomic E-state index is 6.22. The van der Waals surface area contributed by atoms with Crippen molar-refractivity contribution >= 4 is 11.3 Å². The minimum atomic E-state index is 0.228. The molecule has 1 saturated carbocycles. The van der Waals surface area contributed by atoms with Crippen LogP contribution in [0.3, 0.4) is 0 Å². The van der Waals surface area contributed by atoms with Gasteiger partial charge in [0, 0.05) is 16.3 Å². The second-order valence-electron chi connectivity index (χ2n) is 3.96. The first-order valence-electron chi connectivity index (χ1n) is 5.19. The molecule has 0 amide bonds. The van der Waals surface area contributed by atoms with Crippen LogP contribution in [0.2, 0.25) is 0 Å². The average Bonchev–Trinajstić information content (AvgIpc) is 2.88. The van der Waals surface area contributed by atoms with Crippen LogP contribution < -0.4 is 10.5 Å². The zero-order valence-electron chi connectivity index (χ0n) is 8.53. The van der Waals surface area contributed by atoms with Crippen LogP contribution in [0, 0.1) is 5.92 Å². The molecule has 0 bridgehead atoms. The summed E-state index contributed by atoms with van der Waals surface area (Å²) in [6, 6.07) is 2.31. The van der Waals surface area contributed by atoms with Gasteiger partial charge in [-0.1, -0.05) is 12.8 Å². The Labute approximate surface area is 89.1 Å². The molecule has 1 aromatic rings. The highest BCUT2D eigenvalue weighted by Gasteiger charge is 2.24. The van der Waals surface area contributed by atoms with Crippen LogP contribution in [0.5, 0.6) is 5.75 Å². The van der Waals surface area contributed by atoms with Gasteiger partial charge in [-0.05, 0) is 24.8 Å². The lowest BCUT2D eigenvalue weighted by molar-refractivity contribution is 0.413. The number of hydrogen-bond donors (Lipinski definition) is 1. The molecule has 0 saturated heterocycles. The average molecular weight is 211 g/mol. The minimum Gasteiger partial charge on any atom is -0.496 e. The number of methoxy groups -OCH3 is 1. The summed E-state index contributed by atoms with van der Waals surface area (Å²) in [6.45, 7) is 0. The van der Waals surface area contributed by atoms with Gasteiger partial charge >= 0.3 is 0 Å². The van der Waals surface area contributed by atoms with Crippen molar-refractivity contribution < 1.29 is 4.74 Å². The first-order valence-corrected chi connectivity index (χ1v) is 6.07. The Hall–Kier alpha value is -0.540. The van der Waals surface area contributed by atoms with Crippen molar-refractivity contribution in [1.82, 2.24) is 0 Å². The van der Waals surface area contributed by atoms with Crippen molar-refractivity contribution in [2.75, 3.05) is 7.11 Å². The largest absolute Gasteiger partial charge is 0.496 e. The third-order valence-corrected chi connectivity index (χ3v) is 4.08. The lowest BCUT2D eigenvalue weighted by Gasteiger charge is -2.16. The van der Waals surface area contributed by atoms with E-state index in [-0.39, 0.29) is 6.04 Å². The Morgan fingerprint density at radius 3 is 2.79 bits per heavy atom. The van der Waals surface area contributed by atoms with Gasteiger partial charge in [-0.15, -0.1) is 11.3 Å². The third-order valence-electron chi connectivity index (χ3n) is 3.07. The molecular weight excluding hydrogens is 194 g/mol. The molecule has 2 rings (SSSR count). The van der Waals surface area contributed by atoms with E-state index < -0.39 is 0 Å². The van der Waals surface area contributed by atoms with E-state index in [1.54, 1.807) is 18.4 Å². The van der Waals surface area contributed by atoms with Crippen LogP contribution in [0.1, 0.15) is 36.6 Å². The van der Waals surface area contributed by atoms with Gasteiger partial charge in [-0.2, -0.15) is 0 Å². The highest BCUT2D eigenvalue weighted by Crippen LogP contribution is 2.37. The van der Waals surface area contributed by atoms with Gasteiger partial charge in [0.15, 0.2) is 0 Å². The topological polar surface area (TPSA) is 35.2 Å². The summed E-state index contributed by atoms with van der Waals surface area (Å²) in [5.74, 6) is 1.64. The maximum Gasteiger partial charge on any atom is 0.129 e. The molecular formula is C11H17NOS. The maximum atomic E-state index is 6.22. The number of nitrogens with two attached hydrogens (primary N) is 1. The molecule has 1 aliphatic rings. The standard InChI is InChI=1S/C11H17NOS/c1-13-9-6-10(14-7-9)11(12)8-4-2-3-5-8/h6-8,11H,2-5,12H2,1H3. The second kappa shape index (κ2) is 4.32. The van der Waals surface area contributed by atoms with E-state index in [1.807, 2.05) is 5.38 Å². The molecule has 0 aromatic carbocycles. The van der Waals surface area contributed by atoms with Crippen molar-refractivity contribution in [2.45, 2.75) is 31.7 Å². The number of ether oxygens (including phenoxy) is 1. The van der Waals surface area contributed by atoms with Crippen molar-refractivity contribution in [3.05, 3.63) is 16.3 Å². The van der Waals surface area contributed by atoms with E-state index in [4.69, 9.17) is 10.5 Å². The molecule has 0 spiro atoms. The van der Waals surface area contributed by atoms with E-state index in [2.05, 4.69) is 6.07 Å². The Morgan fingerprint density at radius 2 is 2.21 bits per heavy atom. The first kappa shape index (κ1) is 9.99. The molecule has 3 heteroatoms. The van der Waals surface area contributed by atoms with Gasteiger partial charge < -0.3 is 10.5 Å². The van der Waals surface area contributed by atoms with Gasteiger partial charge in [-0.25, -0.2) is 0 Å². The third kappa shape index (κ3) is 1.93. The fourth-order valence-corrected chi connectivity index (χ4v) is 3.12. The number of hydrogen-bond acceptors (Lipinski definition) is 3. The summed E-state index contributed by atoms with van der Waals surface area (Å²) in [5, 5.41) is 2.03. The van der Waals surface area contributed by atoms with Gasteiger partial charge in [0.25, 0.3) is 0 Å². The highest BCUT2D eigenvalue weighted by molar-refractivity contribution is 7.10. The minimum absolute atomic E-state index is 0.228. The normalized spacial score (nSPS) is 19.9. The summed E-state index contributed by atoms with van der Waals surface area (Å²) < 4.78 is 5.16. The van der Waals surface area contributed by atoms with Crippen LogP contribution >= 0.6 is 11.3 Å². The Bertz CT molecular complexity index is 291. The Kier molecular flexibility index (Phi) is 3.08. The predicted molar refractivity (Wildman–Crippen MR) is 59.8 cm³/mol. The highest BCUT2D eigenvalue weighted by atomic mass is 32.1. The number of rotatable bonds is 3. The Balaban J connectivity index is 2.05. The van der Waals surface area contributed by atoms with E-state index >= 15 is 0 Å². The van der Waals surface area contributed by atoms with Crippen molar-refractivity contribution in [3.63, 3.8) is 0 Å². The molecule has 1 aromatic heterocycles. The fourth-order valence-electron chi connectivity index (χ4n) is 2.17. The van der Waals surface area contributed by atoms with Crippen molar-refractivity contribution in [2.24, 2.45) is 11.7 Å². The number of thiophene rings is 1. The van der Waals surface area contributed by atoms with E-state index in [0.717, 1.165) is 5.75 Å². The molecule has 0 radical (unpaired) electrons. The fraction of sp³-hybridized carbons (Fsp3) is 0.636. The monoisotopic (exact) mass is 211 g/mol. The molecule has 14 heavy (non-hydrogen) atoms. The van der Waals surface area contributed by atoms with Crippen LogP contribution in [0.4, 0.5) is 0 Å². The zero-order chi connectivity index (χ0) is 9.97. The molecule has 2 nitrogen and oxygen atoms in total. The van der Waals surface area contributed by atoms with E-state index in [9.17, 15) is 0 Å². The Morgan fingerprint density at radius 1 is 1.50 bits per heavy atom. The van der Waals surface area contributed by atoms with Crippen molar-refractivity contribution in [3.8, 4) is 5.75 Å². The smallest absolute Gasteiger partial charge is 0.129 e. The zero-order valence-corrected chi connectivity index (χ0v) is 9.35. The molecule has 2 N–H and O–H groups in total. The molecule has 1 heterocycles. The van der Waals surface area contributed by atoms with Crippen LogP contribution in [0.15, 0.2) is 11.4 Å². The van der Waals surface area contributed by atoms with Gasteiger partial charge in [0.2, 0.25) is 0 Å². The van der Waals surface area contributed by atoms with E-state index in [1.165, 1.54) is 30.6 Å². The molecule has 1 unspecified atom stereocenters. The van der Waals surface area contributed by atoms with Gasteiger partial charge in [0.05, 0.1) is 7.11 Å². The van der Waals surface area contributed by atoms with Gasteiger partial charge in [-0.3, -0.25) is 0 Å². The SMILES string of the molecule is COc1csc(C(N)C2CCCC2)c1. The molecule has 1 fully saturated rings. The molecule has 78 valence electrons. The lowest BCUT2D eigenvalue weighted by atomic mass is 9.98. The predicted octanol–water partition coefficient (Wildman–Crippen LogP) is 2.95. The van der Waals surface area contributed by atoms with Crippen LogP contribution in [0.25, 0.3) is 0 Å². The van der Waals surface area contributed by atoms with Crippen molar-refractivity contribution in [1.29, 1.82) is 0 Å². The molecule has 0 aliphatic heterocycles. The van der Waals surface area contributed by atoms with Gasteiger partial charge in [0.1, 0.15) is 5.75 Å². The molecule has 1 atom stereocenters. The second-order valence-corrected chi connectivity index (χ2v) is 4.90. The summed E-state index contributed by atoms with van der Waals surface area (Å²) in [6.07, 6.45) is 5.28. The summed E-state index contributed by atoms with van der Waals surface area (Å²) in [5.41, 5.74) is 6.22. The summed E-state index contributed by atoms with van der Waals surface area (Å²) >= 11 is 1.72. The van der Waals surface area contributed by atoms with Crippen LogP contribution in [-0.4, -0.2) is 7.11 Å². The summed E-state index contributed by atoms with van der Waals surface area (Å²) in [7, 11) is 1.70.